The van der Waals surface area contributed by atoms with Crippen molar-refractivity contribution in [2.45, 2.75) is 58.6 Å². The van der Waals surface area contributed by atoms with Crippen LogP contribution >= 0.6 is 0 Å². The van der Waals surface area contributed by atoms with Crippen molar-refractivity contribution in [1.82, 2.24) is 4.90 Å². The van der Waals surface area contributed by atoms with Gasteiger partial charge in [0, 0.05) is 19.3 Å². The van der Waals surface area contributed by atoms with Crippen LogP contribution in [0.3, 0.4) is 0 Å². The van der Waals surface area contributed by atoms with Gasteiger partial charge in [-0.2, -0.15) is 0 Å². The molecule has 2 aliphatic rings. The Kier molecular flexibility index (Phi) is 5.00. The van der Waals surface area contributed by atoms with Gasteiger partial charge in [-0.1, -0.05) is 18.6 Å². The van der Waals surface area contributed by atoms with Crippen molar-refractivity contribution in [3.63, 3.8) is 0 Å². The third-order valence-corrected chi connectivity index (χ3v) is 5.49. The Morgan fingerprint density at radius 3 is 2.62 bits per heavy atom. The number of nitrogens with zero attached hydrogens (tertiary/aromatic N) is 2. The van der Waals surface area contributed by atoms with Crippen molar-refractivity contribution >= 4 is 17.7 Å². The van der Waals surface area contributed by atoms with Crippen molar-refractivity contribution in [3.05, 3.63) is 29.8 Å². The Balaban J connectivity index is 1.85. The van der Waals surface area contributed by atoms with E-state index in [1.54, 1.807) is 16.8 Å². The highest BCUT2D eigenvalue weighted by atomic mass is 16.6. The summed E-state index contributed by atoms with van der Waals surface area (Å²) in [5.74, 6) is 0.625. The molecule has 1 saturated heterocycles. The zero-order valence-electron chi connectivity index (χ0n) is 16.5. The molecule has 1 aliphatic carbocycles. The zero-order valence-corrected chi connectivity index (χ0v) is 16.5. The third-order valence-electron chi connectivity index (χ3n) is 5.49. The molecule has 0 bridgehead atoms. The molecule has 1 aromatic rings. The minimum absolute atomic E-state index is 0.0177. The van der Waals surface area contributed by atoms with E-state index in [4.69, 9.17) is 4.74 Å². The maximum absolute atomic E-state index is 13.4. The first-order valence-electron chi connectivity index (χ1n) is 9.51. The number of carbonyl (C=O) groups is 2. The van der Waals surface area contributed by atoms with E-state index in [-0.39, 0.29) is 17.9 Å². The van der Waals surface area contributed by atoms with Gasteiger partial charge < -0.3 is 9.64 Å². The highest BCUT2D eigenvalue weighted by Crippen LogP contribution is 2.43. The molecule has 0 N–H and O–H groups in total. The second-order valence-corrected chi connectivity index (χ2v) is 8.67. The van der Waals surface area contributed by atoms with Gasteiger partial charge in [-0.25, -0.2) is 4.79 Å². The Morgan fingerprint density at radius 2 is 1.96 bits per heavy atom. The second kappa shape index (κ2) is 6.93. The van der Waals surface area contributed by atoms with E-state index in [1.807, 2.05) is 52.0 Å². The monoisotopic (exact) mass is 358 g/mol. The normalized spacial score (nSPS) is 25.1. The number of aryl methyl sites for hydroxylation is 1. The van der Waals surface area contributed by atoms with Crippen LogP contribution in [0.25, 0.3) is 0 Å². The van der Waals surface area contributed by atoms with Crippen LogP contribution in [0.2, 0.25) is 0 Å². The van der Waals surface area contributed by atoms with Crippen molar-refractivity contribution in [3.8, 4) is 0 Å². The molecule has 5 nitrogen and oxygen atoms in total. The minimum atomic E-state index is -0.565. The summed E-state index contributed by atoms with van der Waals surface area (Å²) in [5.41, 5.74) is 1.40. The molecule has 0 aromatic heterocycles. The lowest BCUT2D eigenvalue weighted by atomic mass is 9.93. The van der Waals surface area contributed by atoms with Crippen LogP contribution in [0.1, 0.15) is 45.6 Å². The zero-order chi connectivity index (χ0) is 19.1. The molecule has 0 spiro atoms. The van der Waals surface area contributed by atoms with E-state index >= 15 is 0 Å². The Morgan fingerprint density at radius 1 is 1.23 bits per heavy atom. The molecule has 5 heteroatoms. The first-order chi connectivity index (χ1) is 12.2. The first-order valence-corrected chi connectivity index (χ1v) is 9.51. The van der Waals surface area contributed by atoms with Crippen LogP contribution < -0.4 is 4.90 Å². The molecule has 3 rings (SSSR count). The second-order valence-electron chi connectivity index (χ2n) is 8.67. The highest BCUT2D eigenvalue weighted by Gasteiger charge is 2.51. The highest BCUT2D eigenvalue weighted by molar-refractivity contribution is 5.99. The van der Waals surface area contributed by atoms with Gasteiger partial charge in [0.1, 0.15) is 11.6 Å². The van der Waals surface area contributed by atoms with Crippen molar-refractivity contribution in [2.24, 2.45) is 11.8 Å². The maximum Gasteiger partial charge on any atom is 0.410 e. The fourth-order valence-electron chi connectivity index (χ4n) is 4.29. The SMILES string of the molecule is Cc1cccc(N(C)C(=O)[C@@H]2C3CCCC3CN2C(=O)OC(C)(C)C)c1. The van der Waals surface area contributed by atoms with Gasteiger partial charge in [-0.15, -0.1) is 0 Å². The maximum atomic E-state index is 13.4. The Labute approximate surface area is 156 Å². The summed E-state index contributed by atoms with van der Waals surface area (Å²) in [6.07, 6.45) is 2.85. The number of likely N-dealkylation sites (tertiary alicyclic amines) is 1. The summed E-state index contributed by atoms with van der Waals surface area (Å²) < 4.78 is 5.59. The number of anilines is 1. The molecule has 3 atom stereocenters. The van der Waals surface area contributed by atoms with Gasteiger partial charge >= 0.3 is 6.09 Å². The topological polar surface area (TPSA) is 49.9 Å². The quantitative estimate of drug-likeness (QED) is 0.803. The van der Waals surface area contributed by atoms with Crippen molar-refractivity contribution < 1.29 is 14.3 Å². The number of hydrogen-bond acceptors (Lipinski definition) is 3. The molecule has 1 saturated carbocycles. The average Bonchev–Trinajstić information content (AvgIpc) is 3.12. The van der Waals surface area contributed by atoms with E-state index in [1.165, 1.54) is 0 Å². The van der Waals surface area contributed by atoms with Gasteiger partial charge in [0.2, 0.25) is 5.91 Å². The minimum Gasteiger partial charge on any atom is -0.444 e. The molecular formula is C21H30N2O3. The van der Waals surface area contributed by atoms with E-state index < -0.39 is 11.6 Å². The summed E-state index contributed by atoms with van der Waals surface area (Å²) in [6, 6.07) is 7.47. The standard InChI is InChI=1S/C21H30N2O3/c1-14-8-6-10-16(12-14)22(5)19(24)18-17-11-7-9-15(17)13-23(18)20(25)26-21(2,3)4/h6,8,10,12,15,17-18H,7,9,11,13H2,1-5H3/t15?,17?,18-/m0/s1. The van der Waals surface area contributed by atoms with Crippen molar-refractivity contribution in [2.75, 3.05) is 18.5 Å². The van der Waals surface area contributed by atoms with Gasteiger partial charge in [0.05, 0.1) is 0 Å². The third kappa shape index (κ3) is 3.71. The number of hydrogen-bond donors (Lipinski definition) is 0. The van der Waals surface area contributed by atoms with Crippen LogP contribution in [0, 0.1) is 18.8 Å². The molecule has 0 radical (unpaired) electrons. The van der Waals surface area contributed by atoms with E-state index in [0.717, 1.165) is 30.5 Å². The average molecular weight is 358 g/mol. The molecule has 2 fully saturated rings. The number of amides is 2. The lowest BCUT2D eigenvalue weighted by Crippen LogP contribution is -2.50. The molecule has 1 aliphatic heterocycles. The van der Waals surface area contributed by atoms with E-state index in [0.29, 0.717) is 12.5 Å². The predicted octanol–water partition coefficient (Wildman–Crippen LogP) is 3.99. The van der Waals surface area contributed by atoms with Gasteiger partial charge in [0.25, 0.3) is 0 Å². The molecule has 2 amide bonds. The lowest BCUT2D eigenvalue weighted by molar-refractivity contribution is -0.123. The van der Waals surface area contributed by atoms with Crippen LogP contribution in [0.4, 0.5) is 10.5 Å². The largest absolute Gasteiger partial charge is 0.444 e. The number of carbonyl (C=O) groups excluding carboxylic acids is 2. The number of fused-ring (bicyclic) bond motifs is 1. The Bertz CT molecular complexity index is 695. The number of rotatable bonds is 2. The summed E-state index contributed by atoms with van der Waals surface area (Å²) in [7, 11) is 1.80. The fraction of sp³-hybridized carbons (Fsp3) is 0.619. The Hall–Kier alpha value is -2.04. The molecule has 142 valence electrons. The smallest absolute Gasteiger partial charge is 0.410 e. The summed E-state index contributed by atoms with van der Waals surface area (Å²) in [4.78, 5) is 29.5. The summed E-state index contributed by atoms with van der Waals surface area (Å²) in [5, 5.41) is 0. The van der Waals surface area contributed by atoms with Crippen LogP contribution in [0.15, 0.2) is 24.3 Å². The molecule has 2 unspecified atom stereocenters. The fourth-order valence-corrected chi connectivity index (χ4v) is 4.29. The first kappa shape index (κ1) is 18.7. The van der Waals surface area contributed by atoms with Crippen LogP contribution in [-0.4, -0.2) is 42.1 Å². The predicted molar refractivity (Wildman–Crippen MR) is 102 cm³/mol. The molecule has 26 heavy (non-hydrogen) atoms. The molecule has 1 aromatic carbocycles. The number of ether oxygens (including phenoxy) is 1. The number of likely N-dealkylation sites (N-methyl/N-ethyl adjacent to an activating group) is 1. The van der Waals surface area contributed by atoms with Crippen molar-refractivity contribution in [1.29, 1.82) is 0 Å². The van der Waals surface area contributed by atoms with Crippen LogP contribution in [0.5, 0.6) is 0 Å². The van der Waals surface area contributed by atoms with E-state index in [9.17, 15) is 9.59 Å². The van der Waals surface area contributed by atoms with Crippen LogP contribution in [-0.2, 0) is 9.53 Å². The summed E-state index contributed by atoms with van der Waals surface area (Å²) in [6.45, 7) is 8.21. The van der Waals surface area contributed by atoms with Gasteiger partial charge in [-0.05, 0) is 70.1 Å². The summed E-state index contributed by atoms with van der Waals surface area (Å²) >= 11 is 0. The number of benzene rings is 1. The lowest BCUT2D eigenvalue weighted by Gasteiger charge is -2.32. The van der Waals surface area contributed by atoms with Gasteiger partial charge in [0.15, 0.2) is 0 Å². The molecular weight excluding hydrogens is 328 g/mol. The molecule has 1 heterocycles. The van der Waals surface area contributed by atoms with E-state index in [2.05, 4.69) is 0 Å². The van der Waals surface area contributed by atoms with Gasteiger partial charge in [-0.3, -0.25) is 9.69 Å².